The normalized spacial score (nSPS) is 15.1. The molecule has 2 rings (SSSR count). The summed E-state index contributed by atoms with van der Waals surface area (Å²) in [4.78, 5) is 15.6. The van der Waals surface area contributed by atoms with E-state index in [1.807, 2.05) is 5.38 Å². The monoisotopic (exact) mass is 353 g/mol. The quantitative estimate of drug-likeness (QED) is 0.629. The van der Waals surface area contributed by atoms with Crippen molar-refractivity contribution in [2.45, 2.75) is 25.8 Å². The topological polar surface area (TPSA) is 63.2 Å². The van der Waals surface area contributed by atoms with Gasteiger partial charge in [-0.05, 0) is 38.9 Å². The third-order valence-electron chi connectivity index (χ3n) is 2.87. The number of hydrogen-bond acceptors (Lipinski definition) is 6. The van der Waals surface area contributed by atoms with Crippen LogP contribution in [-0.2, 0) is 9.53 Å². The third-order valence-corrected chi connectivity index (χ3v) is 3.66. The summed E-state index contributed by atoms with van der Waals surface area (Å²) >= 11 is 1.56. The van der Waals surface area contributed by atoms with Gasteiger partial charge in [0.1, 0.15) is 0 Å². The number of piperidine rings is 1. The maximum Gasteiger partial charge on any atom is 0.330 e. The Morgan fingerprint density at radius 3 is 2.90 bits per heavy atom. The molecule has 0 atom stereocenters. The molecule has 1 aliphatic heterocycles. The average molecular weight is 354 g/mol. The van der Waals surface area contributed by atoms with Crippen LogP contribution in [0.15, 0.2) is 11.5 Å². The minimum Gasteiger partial charge on any atom is -0.463 e. The zero-order valence-electron chi connectivity index (χ0n) is 11.8. The van der Waals surface area contributed by atoms with E-state index in [9.17, 15) is 4.79 Å². The van der Waals surface area contributed by atoms with Gasteiger partial charge in [0, 0.05) is 17.5 Å². The van der Waals surface area contributed by atoms with Crippen molar-refractivity contribution >= 4 is 53.3 Å². The molecular weight excluding hydrogens is 333 g/mol. The molecule has 0 saturated carbocycles. The predicted molar refractivity (Wildman–Crippen MR) is 91.8 cm³/mol. The van der Waals surface area contributed by atoms with Crippen LogP contribution in [0.25, 0.3) is 6.08 Å². The van der Waals surface area contributed by atoms with Crippen LogP contribution in [-0.4, -0.2) is 36.7 Å². The molecule has 1 saturated heterocycles. The second-order valence-corrected chi connectivity index (χ2v) is 5.19. The van der Waals surface area contributed by atoms with Gasteiger partial charge in [0.15, 0.2) is 5.13 Å². The van der Waals surface area contributed by atoms with Crippen molar-refractivity contribution in [2.75, 3.05) is 25.0 Å². The van der Waals surface area contributed by atoms with E-state index in [0.29, 0.717) is 12.6 Å². The molecule has 0 bridgehead atoms. The molecule has 1 aromatic rings. The first-order valence-corrected chi connectivity index (χ1v) is 7.43. The Kier molecular flexibility index (Phi) is 10.4. The highest BCUT2D eigenvalue weighted by Gasteiger charge is 2.13. The molecule has 0 amide bonds. The van der Waals surface area contributed by atoms with Crippen LogP contribution in [0, 0.1) is 0 Å². The molecule has 21 heavy (non-hydrogen) atoms. The standard InChI is InChI=1S/C13H19N3O2S.2ClH/c1-2-18-12(17)4-3-11-9-19-13(16-11)15-10-5-7-14-8-6-10;;/h3-4,9-10,14H,2,5-8H2,1H3,(H,15,16);2*1H/b4-3+;;. The molecule has 1 fully saturated rings. The number of rotatable bonds is 5. The first-order valence-electron chi connectivity index (χ1n) is 6.55. The van der Waals surface area contributed by atoms with Gasteiger partial charge >= 0.3 is 5.97 Å². The number of anilines is 1. The lowest BCUT2D eigenvalue weighted by atomic mass is 10.1. The minimum absolute atomic E-state index is 0. The van der Waals surface area contributed by atoms with E-state index in [2.05, 4.69) is 15.6 Å². The average Bonchev–Trinajstić information content (AvgIpc) is 2.86. The molecular formula is C13H21Cl2N3O2S. The highest BCUT2D eigenvalue weighted by atomic mass is 35.5. The number of hydrogen-bond donors (Lipinski definition) is 2. The van der Waals surface area contributed by atoms with Gasteiger partial charge in [0.25, 0.3) is 0 Å². The summed E-state index contributed by atoms with van der Waals surface area (Å²) in [6, 6.07) is 0.495. The highest BCUT2D eigenvalue weighted by molar-refractivity contribution is 7.13. The zero-order valence-corrected chi connectivity index (χ0v) is 14.3. The number of esters is 1. The molecule has 5 nitrogen and oxygen atoms in total. The Morgan fingerprint density at radius 2 is 2.24 bits per heavy atom. The van der Waals surface area contributed by atoms with E-state index in [1.54, 1.807) is 24.3 Å². The van der Waals surface area contributed by atoms with Gasteiger partial charge in [-0.3, -0.25) is 0 Å². The van der Waals surface area contributed by atoms with Gasteiger partial charge < -0.3 is 15.4 Å². The second-order valence-electron chi connectivity index (χ2n) is 4.33. The maximum absolute atomic E-state index is 11.2. The van der Waals surface area contributed by atoms with Gasteiger partial charge in [-0.2, -0.15) is 0 Å². The van der Waals surface area contributed by atoms with Crippen molar-refractivity contribution in [1.29, 1.82) is 0 Å². The Bertz CT molecular complexity index is 448. The van der Waals surface area contributed by atoms with Crippen LogP contribution in [0.5, 0.6) is 0 Å². The number of carbonyl (C=O) groups is 1. The molecule has 0 radical (unpaired) electrons. The van der Waals surface area contributed by atoms with Gasteiger partial charge in [0.2, 0.25) is 0 Å². The number of thiazole rings is 1. The largest absolute Gasteiger partial charge is 0.463 e. The van der Waals surface area contributed by atoms with Gasteiger partial charge in [-0.1, -0.05) is 0 Å². The van der Waals surface area contributed by atoms with Crippen molar-refractivity contribution in [2.24, 2.45) is 0 Å². The molecule has 2 heterocycles. The van der Waals surface area contributed by atoms with Gasteiger partial charge in [-0.25, -0.2) is 9.78 Å². The summed E-state index contributed by atoms with van der Waals surface area (Å²) in [6.07, 6.45) is 5.33. The van der Waals surface area contributed by atoms with Crippen molar-refractivity contribution in [3.63, 3.8) is 0 Å². The van der Waals surface area contributed by atoms with E-state index in [-0.39, 0.29) is 30.8 Å². The Balaban J connectivity index is 0.00000200. The second kappa shape index (κ2) is 10.8. The third kappa shape index (κ3) is 7.13. The Hall–Kier alpha value is -0.820. The molecule has 120 valence electrons. The lowest BCUT2D eigenvalue weighted by molar-refractivity contribution is -0.137. The smallest absolute Gasteiger partial charge is 0.330 e. The van der Waals surface area contributed by atoms with Crippen molar-refractivity contribution in [3.05, 3.63) is 17.2 Å². The first kappa shape index (κ1) is 20.2. The molecule has 1 aliphatic rings. The Morgan fingerprint density at radius 1 is 1.52 bits per heavy atom. The summed E-state index contributed by atoms with van der Waals surface area (Å²) in [5.74, 6) is -0.330. The number of aromatic nitrogens is 1. The van der Waals surface area contributed by atoms with Crippen LogP contribution >= 0.6 is 36.2 Å². The highest BCUT2D eigenvalue weighted by Crippen LogP contribution is 2.19. The van der Waals surface area contributed by atoms with Crippen LogP contribution in [0.3, 0.4) is 0 Å². The van der Waals surface area contributed by atoms with E-state index in [1.165, 1.54) is 6.08 Å². The molecule has 0 aromatic carbocycles. The zero-order chi connectivity index (χ0) is 13.5. The maximum atomic E-state index is 11.2. The first-order chi connectivity index (χ1) is 9.28. The minimum atomic E-state index is -0.330. The van der Waals surface area contributed by atoms with Crippen molar-refractivity contribution < 1.29 is 9.53 Å². The predicted octanol–water partition coefficient (Wildman–Crippen LogP) is 2.73. The molecule has 0 spiro atoms. The SMILES string of the molecule is CCOC(=O)/C=C/c1csc(NC2CCNCC2)n1.Cl.Cl. The lowest BCUT2D eigenvalue weighted by Crippen LogP contribution is -2.35. The number of nitrogens with one attached hydrogen (secondary N) is 2. The summed E-state index contributed by atoms with van der Waals surface area (Å²) in [7, 11) is 0. The van der Waals surface area contributed by atoms with Crippen LogP contribution in [0.1, 0.15) is 25.5 Å². The van der Waals surface area contributed by atoms with Crippen molar-refractivity contribution in [3.8, 4) is 0 Å². The Labute approximate surface area is 141 Å². The number of carbonyl (C=O) groups excluding carboxylic acids is 1. The molecule has 8 heteroatoms. The fourth-order valence-electron chi connectivity index (χ4n) is 1.91. The molecule has 2 N–H and O–H groups in total. The fourth-order valence-corrected chi connectivity index (χ4v) is 2.67. The summed E-state index contributed by atoms with van der Waals surface area (Å²) in [5, 5.41) is 9.60. The molecule has 1 aromatic heterocycles. The van der Waals surface area contributed by atoms with E-state index >= 15 is 0 Å². The summed E-state index contributed by atoms with van der Waals surface area (Å²) in [5.41, 5.74) is 0.787. The number of halogens is 2. The van der Waals surface area contributed by atoms with Gasteiger partial charge in [-0.15, -0.1) is 36.2 Å². The van der Waals surface area contributed by atoms with Crippen LogP contribution in [0.2, 0.25) is 0 Å². The summed E-state index contributed by atoms with van der Waals surface area (Å²) < 4.78 is 4.82. The molecule has 0 unspecified atom stereocenters. The van der Waals surface area contributed by atoms with Crippen LogP contribution in [0.4, 0.5) is 5.13 Å². The van der Waals surface area contributed by atoms with E-state index < -0.39 is 0 Å². The molecule has 0 aliphatic carbocycles. The fraction of sp³-hybridized carbons (Fsp3) is 0.538. The lowest BCUT2D eigenvalue weighted by Gasteiger charge is -2.23. The van der Waals surface area contributed by atoms with Crippen molar-refractivity contribution in [1.82, 2.24) is 10.3 Å². The van der Waals surface area contributed by atoms with Gasteiger partial charge in [0.05, 0.1) is 12.3 Å². The number of nitrogens with zero attached hydrogens (tertiary/aromatic N) is 1. The van der Waals surface area contributed by atoms with E-state index in [4.69, 9.17) is 4.74 Å². The number of ether oxygens (including phenoxy) is 1. The van der Waals surface area contributed by atoms with Crippen LogP contribution < -0.4 is 10.6 Å². The van der Waals surface area contributed by atoms with E-state index in [0.717, 1.165) is 36.8 Å². The summed E-state index contributed by atoms with van der Waals surface area (Å²) in [6.45, 7) is 4.29.